The molecule has 2 aromatic carbocycles. The SMILES string of the molecule is COc1ccc(C(=O)NCC2COc3ccccc3O2)cc1S(=O)(=O)NC1CCCC1. The average molecular weight is 447 g/mol. The van der Waals surface area contributed by atoms with E-state index in [0.717, 1.165) is 25.7 Å². The smallest absolute Gasteiger partial charge is 0.251 e. The maximum Gasteiger partial charge on any atom is 0.251 e. The van der Waals surface area contributed by atoms with E-state index in [-0.39, 0.29) is 34.9 Å². The minimum absolute atomic E-state index is 0.0410. The van der Waals surface area contributed by atoms with Crippen LogP contribution in [0.4, 0.5) is 0 Å². The summed E-state index contributed by atoms with van der Waals surface area (Å²) < 4.78 is 45.3. The minimum atomic E-state index is -3.81. The fraction of sp³-hybridized carbons (Fsp3) is 0.409. The summed E-state index contributed by atoms with van der Waals surface area (Å²) in [5, 5.41) is 2.79. The van der Waals surface area contributed by atoms with Crippen molar-refractivity contribution in [3.8, 4) is 17.2 Å². The number of nitrogens with one attached hydrogen (secondary N) is 2. The van der Waals surface area contributed by atoms with Crippen LogP contribution in [0.2, 0.25) is 0 Å². The van der Waals surface area contributed by atoms with E-state index in [4.69, 9.17) is 14.2 Å². The summed E-state index contributed by atoms with van der Waals surface area (Å²) >= 11 is 0. The molecule has 1 aliphatic carbocycles. The van der Waals surface area contributed by atoms with Crippen LogP contribution in [-0.2, 0) is 10.0 Å². The highest BCUT2D eigenvalue weighted by Crippen LogP contribution is 2.31. The van der Waals surface area contributed by atoms with Gasteiger partial charge in [-0.2, -0.15) is 0 Å². The molecule has 1 aliphatic heterocycles. The summed E-state index contributed by atoms with van der Waals surface area (Å²) in [6.45, 7) is 0.534. The number of methoxy groups -OCH3 is 1. The van der Waals surface area contributed by atoms with Gasteiger partial charge in [0.1, 0.15) is 23.4 Å². The standard InChI is InChI=1S/C22H26N2O6S/c1-28-20-11-10-15(12-21(20)31(26,27)24-16-6-2-3-7-16)22(25)23-13-17-14-29-18-8-4-5-9-19(18)30-17/h4-5,8-12,16-17,24H,2-3,6-7,13-14H2,1H3,(H,23,25). The number of sulfonamides is 1. The third-order valence-electron chi connectivity index (χ3n) is 5.45. The number of rotatable bonds is 7. The number of benzene rings is 2. The Balaban J connectivity index is 1.44. The molecule has 9 heteroatoms. The Morgan fingerprint density at radius 2 is 1.87 bits per heavy atom. The molecule has 31 heavy (non-hydrogen) atoms. The van der Waals surface area contributed by atoms with E-state index >= 15 is 0 Å². The van der Waals surface area contributed by atoms with Gasteiger partial charge in [-0.3, -0.25) is 4.79 Å². The van der Waals surface area contributed by atoms with Crippen LogP contribution < -0.4 is 24.2 Å². The molecule has 4 rings (SSSR count). The summed E-state index contributed by atoms with van der Waals surface area (Å²) in [6.07, 6.45) is 3.29. The van der Waals surface area contributed by atoms with E-state index in [1.54, 1.807) is 6.07 Å². The predicted octanol–water partition coefficient (Wildman–Crippen LogP) is 2.49. The van der Waals surface area contributed by atoms with Gasteiger partial charge in [0.05, 0.1) is 13.7 Å². The van der Waals surface area contributed by atoms with Crippen LogP contribution in [-0.4, -0.2) is 46.7 Å². The van der Waals surface area contributed by atoms with Crippen LogP contribution in [0.5, 0.6) is 17.2 Å². The Kier molecular flexibility index (Phi) is 6.33. The van der Waals surface area contributed by atoms with Crippen LogP contribution in [0.15, 0.2) is 47.4 Å². The summed E-state index contributed by atoms with van der Waals surface area (Å²) in [5.41, 5.74) is 0.227. The van der Waals surface area contributed by atoms with Gasteiger partial charge in [0, 0.05) is 11.6 Å². The molecule has 0 aromatic heterocycles. The normalized spacial score (nSPS) is 18.5. The van der Waals surface area contributed by atoms with Crippen LogP contribution >= 0.6 is 0 Å². The molecule has 1 heterocycles. The summed E-state index contributed by atoms with van der Waals surface area (Å²) in [5.74, 6) is 1.10. The zero-order valence-electron chi connectivity index (χ0n) is 17.3. The van der Waals surface area contributed by atoms with Crippen LogP contribution in [0.3, 0.4) is 0 Å². The van der Waals surface area contributed by atoms with Gasteiger partial charge >= 0.3 is 0 Å². The predicted molar refractivity (Wildman–Crippen MR) is 114 cm³/mol. The average Bonchev–Trinajstić information content (AvgIpc) is 3.29. The van der Waals surface area contributed by atoms with Gasteiger partial charge in [0.2, 0.25) is 10.0 Å². The van der Waals surface area contributed by atoms with Gasteiger partial charge in [-0.25, -0.2) is 13.1 Å². The van der Waals surface area contributed by atoms with E-state index in [9.17, 15) is 13.2 Å². The number of carbonyl (C=O) groups is 1. The molecule has 2 aromatic rings. The maximum atomic E-state index is 12.9. The molecule has 0 saturated heterocycles. The largest absolute Gasteiger partial charge is 0.495 e. The van der Waals surface area contributed by atoms with E-state index in [1.807, 2.05) is 18.2 Å². The quantitative estimate of drug-likeness (QED) is 0.677. The minimum Gasteiger partial charge on any atom is -0.495 e. The van der Waals surface area contributed by atoms with Gasteiger partial charge < -0.3 is 19.5 Å². The molecule has 0 spiro atoms. The van der Waals surface area contributed by atoms with Crippen LogP contribution in [0, 0.1) is 0 Å². The van der Waals surface area contributed by atoms with Crippen molar-refractivity contribution in [2.45, 2.75) is 42.7 Å². The lowest BCUT2D eigenvalue weighted by Gasteiger charge is -2.26. The molecule has 8 nitrogen and oxygen atoms in total. The lowest BCUT2D eigenvalue weighted by atomic mass is 10.2. The highest BCUT2D eigenvalue weighted by atomic mass is 32.2. The number of para-hydroxylation sites is 2. The van der Waals surface area contributed by atoms with E-state index in [2.05, 4.69) is 10.0 Å². The highest BCUT2D eigenvalue weighted by molar-refractivity contribution is 7.89. The number of carbonyl (C=O) groups excluding carboxylic acids is 1. The second-order valence-corrected chi connectivity index (χ2v) is 9.36. The van der Waals surface area contributed by atoms with Crippen molar-refractivity contribution in [3.63, 3.8) is 0 Å². The Morgan fingerprint density at radius 3 is 2.61 bits per heavy atom. The zero-order valence-corrected chi connectivity index (χ0v) is 18.1. The van der Waals surface area contributed by atoms with Crippen LogP contribution in [0.1, 0.15) is 36.0 Å². The number of ether oxygens (including phenoxy) is 3. The Morgan fingerprint density at radius 1 is 1.13 bits per heavy atom. The number of hydrogen-bond donors (Lipinski definition) is 2. The second kappa shape index (κ2) is 9.15. The molecule has 1 atom stereocenters. The lowest BCUT2D eigenvalue weighted by molar-refractivity contribution is 0.0789. The van der Waals surface area contributed by atoms with Gasteiger partial charge in [-0.05, 0) is 43.2 Å². The molecular weight excluding hydrogens is 420 g/mol. The first-order valence-electron chi connectivity index (χ1n) is 10.3. The first-order chi connectivity index (χ1) is 15.0. The number of amides is 1. The molecule has 166 valence electrons. The van der Waals surface area contributed by atoms with Crippen molar-refractivity contribution < 1.29 is 27.4 Å². The third-order valence-corrected chi connectivity index (χ3v) is 6.99. The summed E-state index contributed by atoms with van der Waals surface area (Å²) in [4.78, 5) is 12.7. The fourth-order valence-electron chi connectivity index (χ4n) is 3.83. The van der Waals surface area contributed by atoms with Crippen molar-refractivity contribution in [3.05, 3.63) is 48.0 Å². The molecule has 2 aliphatic rings. The van der Waals surface area contributed by atoms with E-state index in [0.29, 0.717) is 18.1 Å². The van der Waals surface area contributed by atoms with Gasteiger partial charge in [0.25, 0.3) is 5.91 Å². The van der Waals surface area contributed by atoms with Crippen molar-refractivity contribution in [1.82, 2.24) is 10.0 Å². The number of fused-ring (bicyclic) bond motifs is 1. The van der Waals surface area contributed by atoms with Crippen molar-refractivity contribution in [2.75, 3.05) is 20.3 Å². The summed E-state index contributed by atoms with van der Waals surface area (Å²) in [6, 6.07) is 11.6. The maximum absolute atomic E-state index is 12.9. The fourth-order valence-corrected chi connectivity index (χ4v) is 5.33. The molecule has 0 bridgehead atoms. The molecule has 1 unspecified atom stereocenters. The first kappa shape index (κ1) is 21.5. The third kappa shape index (κ3) is 4.94. The summed E-state index contributed by atoms with van der Waals surface area (Å²) in [7, 11) is -2.41. The lowest BCUT2D eigenvalue weighted by Crippen LogP contribution is -2.40. The van der Waals surface area contributed by atoms with E-state index < -0.39 is 15.9 Å². The Hall–Kier alpha value is -2.78. The van der Waals surface area contributed by atoms with Gasteiger partial charge in [-0.1, -0.05) is 25.0 Å². The molecular formula is C22H26N2O6S. The molecule has 0 radical (unpaired) electrons. The molecule has 1 saturated carbocycles. The Bertz CT molecular complexity index is 1050. The second-order valence-electron chi connectivity index (χ2n) is 7.68. The van der Waals surface area contributed by atoms with Crippen molar-refractivity contribution in [2.24, 2.45) is 0 Å². The zero-order chi connectivity index (χ0) is 21.8. The van der Waals surface area contributed by atoms with Gasteiger partial charge in [0.15, 0.2) is 11.5 Å². The van der Waals surface area contributed by atoms with Crippen molar-refractivity contribution in [1.29, 1.82) is 0 Å². The first-order valence-corrected chi connectivity index (χ1v) is 11.8. The number of hydrogen-bond acceptors (Lipinski definition) is 6. The topological polar surface area (TPSA) is 103 Å². The molecule has 2 N–H and O–H groups in total. The van der Waals surface area contributed by atoms with Crippen LogP contribution in [0.25, 0.3) is 0 Å². The molecule has 1 fully saturated rings. The Labute approximate surface area is 181 Å². The van der Waals surface area contributed by atoms with Gasteiger partial charge in [-0.15, -0.1) is 0 Å². The van der Waals surface area contributed by atoms with E-state index in [1.165, 1.54) is 25.3 Å². The highest BCUT2D eigenvalue weighted by Gasteiger charge is 2.27. The van der Waals surface area contributed by atoms with Crippen molar-refractivity contribution >= 4 is 15.9 Å². The molecule has 1 amide bonds. The monoisotopic (exact) mass is 446 g/mol.